The van der Waals surface area contributed by atoms with Crippen LogP contribution in [0, 0.1) is 14.9 Å². The first-order valence-corrected chi connectivity index (χ1v) is 7.92. The highest BCUT2D eigenvalue weighted by atomic mass is 35.5. The number of nitro benzene ring substituents is 1. The first-order valence-electron chi connectivity index (χ1n) is 6.26. The van der Waals surface area contributed by atoms with Crippen LogP contribution in [0.1, 0.15) is 5.56 Å². The van der Waals surface area contributed by atoms with Crippen molar-refractivity contribution in [3.8, 4) is 10.7 Å². The van der Waals surface area contributed by atoms with Crippen molar-refractivity contribution in [2.24, 2.45) is 5.10 Å². The molecule has 10 heteroatoms. The summed E-state index contributed by atoms with van der Waals surface area (Å²) in [5.41, 5.74) is 0.353. The number of benzene rings is 1. The molecule has 0 atom stereocenters. The van der Waals surface area contributed by atoms with Crippen LogP contribution in [0.2, 0.25) is 5.02 Å². The van der Waals surface area contributed by atoms with Crippen molar-refractivity contribution < 1.29 is 4.92 Å². The predicted octanol–water partition coefficient (Wildman–Crippen LogP) is 4.11. The van der Waals surface area contributed by atoms with Crippen LogP contribution in [-0.2, 0) is 0 Å². The second kappa shape index (κ2) is 6.41. The molecular formula is C13H8ClN5O2S2. The van der Waals surface area contributed by atoms with Crippen LogP contribution in [0.25, 0.3) is 10.7 Å². The zero-order chi connectivity index (χ0) is 16.4. The minimum absolute atomic E-state index is 0.0647. The number of nitrogens with one attached hydrogen (secondary N) is 1. The van der Waals surface area contributed by atoms with E-state index in [0.717, 1.165) is 4.88 Å². The van der Waals surface area contributed by atoms with Crippen molar-refractivity contribution in [2.45, 2.75) is 0 Å². The third kappa shape index (κ3) is 3.21. The first kappa shape index (κ1) is 15.5. The molecule has 0 saturated carbocycles. The molecule has 0 aliphatic rings. The minimum Gasteiger partial charge on any atom is -0.258 e. The molecule has 0 saturated heterocycles. The molecule has 23 heavy (non-hydrogen) atoms. The number of non-ortho nitro benzene ring substituents is 1. The molecule has 3 rings (SSSR count). The molecule has 0 unspecified atom stereocenters. The van der Waals surface area contributed by atoms with E-state index in [0.29, 0.717) is 21.2 Å². The van der Waals surface area contributed by atoms with E-state index in [4.69, 9.17) is 23.8 Å². The Balaban J connectivity index is 2.02. The zero-order valence-electron chi connectivity index (χ0n) is 11.3. The Kier molecular flexibility index (Phi) is 4.33. The predicted molar refractivity (Wildman–Crippen MR) is 91.8 cm³/mol. The number of aromatic nitrogens is 3. The smallest absolute Gasteiger partial charge is 0.258 e. The Morgan fingerprint density at radius 1 is 1.48 bits per heavy atom. The number of halogens is 1. The second-order valence-electron chi connectivity index (χ2n) is 4.35. The molecule has 0 aliphatic carbocycles. The third-order valence-corrected chi connectivity index (χ3v) is 4.37. The maximum Gasteiger partial charge on any atom is 0.270 e. The van der Waals surface area contributed by atoms with Gasteiger partial charge >= 0.3 is 0 Å². The van der Waals surface area contributed by atoms with E-state index >= 15 is 0 Å². The van der Waals surface area contributed by atoms with Crippen molar-refractivity contribution in [3.63, 3.8) is 0 Å². The van der Waals surface area contributed by atoms with Gasteiger partial charge in [-0.05, 0) is 29.7 Å². The molecule has 0 amide bonds. The van der Waals surface area contributed by atoms with Gasteiger partial charge in [-0.2, -0.15) is 14.9 Å². The highest BCUT2D eigenvalue weighted by Gasteiger charge is 2.11. The van der Waals surface area contributed by atoms with Gasteiger partial charge in [0.15, 0.2) is 5.82 Å². The van der Waals surface area contributed by atoms with Crippen LogP contribution in [0.15, 0.2) is 40.8 Å². The van der Waals surface area contributed by atoms with Gasteiger partial charge in [-0.3, -0.25) is 10.1 Å². The van der Waals surface area contributed by atoms with E-state index in [1.54, 1.807) is 0 Å². The Morgan fingerprint density at radius 3 is 3.00 bits per heavy atom. The maximum atomic E-state index is 10.8. The van der Waals surface area contributed by atoms with Gasteiger partial charge in [0.2, 0.25) is 4.77 Å². The number of rotatable bonds is 4. The normalized spacial score (nSPS) is 11.2. The third-order valence-electron chi connectivity index (χ3n) is 2.89. The van der Waals surface area contributed by atoms with Crippen molar-refractivity contribution in [1.29, 1.82) is 0 Å². The van der Waals surface area contributed by atoms with Gasteiger partial charge in [-0.1, -0.05) is 17.7 Å². The average Bonchev–Trinajstić information content (AvgIpc) is 3.16. The Morgan fingerprint density at radius 2 is 2.30 bits per heavy atom. The molecule has 0 fully saturated rings. The van der Waals surface area contributed by atoms with Crippen LogP contribution in [-0.4, -0.2) is 26.0 Å². The van der Waals surface area contributed by atoms with Crippen molar-refractivity contribution in [2.75, 3.05) is 0 Å². The monoisotopic (exact) mass is 365 g/mol. The van der Waals surface area contributed by atoms with Gasteiger partial charge in [0.25, 0.3) is 5.69 Å². The van der Waals surface area contributed by atoms with Crippen LogP contribution in [0.5, 0.6) is 0 Å². The van der Waals surface area contributed by atoms with Gasteiger partial charge in [-0.25, -0.2) is 5.10 Å². The largest absolute Gasteiger partial charge is 0.270 e. The fraction of sp³-hybridized carbons (Fsp3) is 0. The summed E-state index contributed by atoms with van der Waals surface area (Å²) < 4.78 is 1.75. The van der Waals surface area contributed by atoms with Crippen LogP contribution in [0.4, 0.5) is 5.69 Å². The summed E-state index contributed by atoms with van der Waals surface area (Å²) in [5, 5.41) is 24.2. The molecule has 7 nitrogen and oxygen atoms in total. The number of nitrogens with zero attached hydrogens (tertiary/aromatic N) is 4. The van der Waals surface area contributed by atoms with Gasteiger partial charge in [0.05, 0.1) is 16.0 Å². The summed E-state index contributed by atoms with van der Waals surface area (Å²) in [6, 6.07) is 7.92. The van der Waals surface area contributed by atoms with E-state index < -0.39 is 4.92 Å². The van der Waals surface area contributed by atoms with Crippen molar-refractivity contribution >= 4 is 47.1 Å². The summed E-state index contributed by atoms with van der Waals surface area (Å²) >= 11 is 12.7. The topological polar surface area (TPSA) is 89.1 Å². The molecule has 0 bridgehead atoms. The van der Waals surface area contributed by atoms with Gasteiger partial charge in [-0.15, -0.1) is 11.3 Å². The molecule has 0 aliphatic heterocycles. The Labute approximate surface area is 144 Å². The summed E-state index contributed by atoms with van der Waals surface area (Å²) in [4.78, 5) is 11.2. The van der Waals surface area contributed by atoms with Crippen LogP contribution in [0.3, 0.4) is 0 Å². The highest BCUT2D eigenvalue weighted by molar-refractivity contribution is 7.71. The minimum atomic E-state index is -0.492. The van der Waals surface area contributed by atoms with E-state index in [1.165, 1.54) is 40.4 Å². The summed E-state index contributed by atoms with van der Waals surface area (Å²) in [5.74, 6) is 0.558. The van der Waals surface area contributed by atoms with E-state index in [2.05, 4.69) is 15.3 Å². The standard InChI is InChI=1S/C13H8ClN5O2S2/c14-10-4-3-9(19(20)21)6-8(10)7-15-18-12(16-17-13(18)22)11-2-1-5-23-11/h1-7H,(H,17,22)/b15-7-. The van der Waals surface area contributed by atoms with Gasteiger partial charge in [0.1, 0.15) is 0 Å². The molecule has 2 heterocycles. The van der Waals surface area contributed by atoms with Gasteiger partial charge < -0.3 is 0 Å². The lowest BCUT2D eigenvalue weighted by Crippen LogP contribution is -1.95. The SMILES string of the molecule is O=[N+]([O-])c1ccc(Cl)c(/C=N\n2c(-c3cccs3)n[nH]c2=S)c1. The van der Waals surface area contributed by atoms with E-state index in [-0.39, 0.29) is 5.69 Å². The number of thiophene rings is 1. The molecule has 0 radical (unpaired) electrons. The van der Waals surface area contributed by atoms with E-state index in [9.17, 15) is 10.1 Å². The number of nitro groups is 1. The fourth-order valence-corrected chi connectivity index (χ4v) is 2.87. The summed E-state index contributed by atoms with van der Waals surface area (Å²) in [6.07, 6.45) is 1.41. The number of H-pyrrole nitrogens is 1. The molecule has 0 spiro atoms. The van der Waals surface area contributed by atoms with Crippen molar-refractivity contribution in [1.82, 2.24) is 14.9 Å². The van der Waals surface area contributed by atoms with Crippen LogP contribution < -0.4 is 0 Å². The lowest BCUT2D eigenvalue weighted by atomic mass is 10.2. The molecule has 1 aromatic carbocycles. The summed E-state index contributed by atoms with van der Waals surface area (Å²) in [7, 11) is 0. The zero-order valence-corrected chi connectivity index (χ0v) is 13.7. The quantitative estimate of drug-likeness (QED) is 0.326. The maximum absolute atomic E-state index is 10.8. The molecule has 3 aromatic rings. The molecule has 116 valence electrons. The fourth-order valence-electron chi connectivity index (χ4n) is 1.83. The number of hydrogen-bond donors (Lipinski definition) is 1. The van der Waals surface area contributed by atoms with Crippen molar-refractivity contribution in [3.05, 3.63) is 61.2 Å². The Hall–Kier alpha value is -2.36. The second-order valence-corrected chi connectivity index (χ2v) is 6.09. The number of aromatic amines is 1. The molecule has 1 N–H and O–H groups in total. The lowest BCUT2D eigenvalue weighted by Gasteiger charge is -2.00. The summed E-state index contributed by atoms with van der Waals surface area (Å²) in [6.45, 7) is 0. The Bertz CT molecular complexity index is 946. The first-order chi connectivity index (χ1) is 11.1. The lowest BCUT2D eigenvalue weighted by molar-refractivity contribution is -0.384. The van der Waals surface area contributed by atoms with E-state index in [1.807, 2.05) is 17.5 Å². The van der Waals surface area contributed by atoms with Crippen LogP contribution >= 0.6 is 35.2 Å². The molecule has 2 aromatic heterocycles. The molecular weight excluding hydrogens is 358 g/mol. The number of hydrogen-bond acceptors (Lipinski definition) is 6. The average molecular weight is 366 g/mol. The van der Waals surface area contributed by atoms with Gasteiger partial charge in [0, 0.05) is 22.7 Å². The highest BCUT2D eigenvalue weighted by Crippen LogP contribution is 2.23.